The average molecular weight is 395 g/mol. The van der Waals surface area contributed by atoms with Crippen LogP contribution >= 0.6 is 0 Å². The van der Waals surface area contributed by atoms with Crippen LogP contribution in [-0.4, -0.2) is 37.7 Å². The summed E-state index contributed by atoms with van der Waals surface area (Å²) in [6.45, 7) is 9.34. The van der Waals surface area contributed by atoms with E-state index in [1.807, 2.05) is 27.7 Å². The Balaban J connectivity index is 1.70. The molecule has 8 heteroatoms. The Morgan fingerprint density at radius 3 is 2.48 bits per heavy atom. The summed E-state index contributed by atoms with van der Waals surface area (Å²) < 4.78 is 7.08. The van der Waals surface area contributed by atoms with Crippen LogP contribution in [0.3, 0.4) is 0 Å². The SMILES string of the molecule is CC[C@@H](C)n1nccc1NC(=O)[C@@H](C)OC(=O)c1ccc2nc(C)c(C)nc2c1. The van der Waals surface area contributed by atoms with Crippen molar-refractivity contribution in [3.05, 3.63) is 47.4 Å². The van der Waals surface area contributed by atoms with E-state index in [1.165, 1.54) is 6.92 Å². The van der Waals surface area contributed by atoms with Crippen molar-refractivity contribution in [2.24, 2.45) is 0 Å². The predicted octanol–water partition coefficient (Wildman–Crippen LogP) is 3.60. The van der Waals surface area contributed by atoms with E-state index < -0.39 is 18.0 Å². The molecule has 0 aliphatic rings. The number of rotatable bonds is 6. The van der Waals surface area contributed by atoms with Gasteiger partial charge in [-0.1, -0.05) is 6.92 Å². The molecule has 3 rings (SSSR count). The molecule has 0 aliphatic heterocycles. The van der Waals surface area contributed by atoms with Crippen molar-refractivity contribution in [2.45, 2.75) is 53.2 Å². The highest BCUT2D eigenvalue weighted by Crippen LogP contribution is 2.18. The standard InChI is InChI=1S/C21H25N5O3/c1-6-12(2)26-19(9-10-22-26)25-20(27)15(5)29-21(28)16-7-8-17-18(11-16)24-14(4)13(3)23-17/h7-12,15H,6H2,1-5H3,(H,25,27)/t12-,15-/m1/s1. The molecular weight excluding hydrogens is 370 g/mol. The predicted molar refractivity (Wildman–Crippen MR) is 110 cm³/mol. The van der Waals surface area contributed by atoms with E-state index in [2.05, 4.69) is 20.4 Å². The number of esters is 1. The smallest absolute Gasteiger partial charge is 0.338 e. The maximum Gasteiger partial charge on any atom is 0.338 e. The Kier molecular flexibility index (Phi) is 5.91. The zero-order chi connectivity index (χ0) is 21.1. The lowest BCUT2D eigenvalue weighted by molar-refractivity contribution is -0.123. The fraction of sp³-hybridized carbons (Fsp3) is 0.381. The lowest BCUT2D eigenvalue weighted by Crippen LogP contribution is -2.31. The number of nitrogens with zero attached hydrogens (tertiary/aromatic N) is 4. The Bertz CT molecular complexity index is 1060. The molecule has 2 aromatic heterocycles. The maximum absolute atomic E-state index is 12.5. The summed E-state index contributed by atoms with van der Waals surface area (Å²) in [6.07, 6.45) is 1.53. The summed E-state index contributed by atoms with van der Waals surface area (Å²) in [7, 11) is 0. The molecule has 152 valence electrons. The maximum atomic E-state index is 12.5. The Morgan fingerprint density at radius 1 is 1.10 bits per heavy atom. The van der Waals surface area contributed by atoms with Gasteiger partial charge in [0, 0.05) is 6.07 Å². The summed E-state index contributed by atoms with van der Waals surface area (Å²) in [4.78, 5) is 33.9. The molecule has 1 N–H and O–H groups in total. The molecule has 2 atom stereocenters. The molecule has 0 radical (unpaired) electrons. The lowest BCUT2D eigenvalue weighted by Gasteiger charge is -2.17. The van der Waals surface area contributed by atoms with E-state index >= 15 is 0 Å². The summed E-state index contributed by atoms with van der Waals surface area (Å²) >= 11 is 0. The van der Waals surface area contributed by atoms with Crippen molar-refractivity contribution in [1.29, 1.82) is 0 Å². The van der Waals surface area contributed by atoms with Gasteiger partial charge in [0.25, 0.3) is 5.91 Å². The fourth-order valence-electron chi connectivity index (χ4n) is 2.81. The molecule has 8 nitrogen and oxygen atoms in total. The second-order valence-corrected chi connectivity index (χ2v) is 7.05. The third-order valence-corrected chi connectivity index (χ3v) is 4.89. The lowest BCUT2D eigenvalue weighted by atomic mass is 10.2. The van der Waals surface area contributed by atoms with Crippen molar-refractivity contribution in [3.63, 3.8) is 0 Å². The number of fused-ring (bicyclic) bond motifs is 1. The monoisotopic (exact) mass is 395 g/mol. The van der Waals surface area contributed by atoms with Gasteiger partial charge in [0.2, 0.25) is 0 Å². The molecule has 1 aromatic carbocycles. The molecule has 0 aliphatic carbocycles. The number of nitrogens with one attached hydrogen (secondary N) is 1. The van der Waals surface area contributed by atoms with E-state index in [1.54, 1.807) is 35.1 Å². The molecule has 1 amide bonds. The van der Waals surface area contributed by atoms with Crippen LogP contribution in [0.1, 0.15) is 55.0 Å². The minimum atomic E-state index is -0.968. The quantitative estimate of drug-likeness (QED) is 0.640. The number of aromatic nitrogens is 4. The molecule has 3 aromatic rings. The Hall–Kier alpha value is -3.29. The van der Waals surface area contributed by atoms with Gasteiger partial charge < -0.3 is 10.1 Å². The summed E-state index contributed by atoms with van der Waals surface area (Å²) in [5.41, 5.74) is 3.27. The first-order valence-electron chi connectivity index (χ1n) is 9.60. The van der Waals surface area contributed by atoms with Crippen molar-refractivity contribution in [1.82, 2.24) is 19.7 Å². The third-order valence-electron chi connectivity index (χ3n) is 4.89. The van der Waals surface area contributed by atoms with Crippen LogP contribution in [0.25, 0.3) is 11.0 Å². The highest BCUT2D eigenvalue weighted by Gasteiger charge is 2.21. The molecule has 0 saturated heterocycles. The van der Waals surface area contributed by atoms with Gasteiger partial charge in [0.1, 0.15) is 5.82 Å². The van der Waals surface area contributed by atoms with Gasteiger partial charge in [-0.2, -0.15) is 5.10 Å². The molecular formula is C21H25N5O3. The first-order chi connectivity index (χ1) is 13.8. The highest BCUT2D eigenvalue weighted by atomic mass is 16.5. The van der Waals surface area contributed by atoms with E-state index in [0.717, 1.165) is 17.8 Å². The number of ether oxygens (including phenoxy) is 1. The summed E-state index contributed by atoms with van der Waals surface area (Å²) in [5, 5.41) is 7.00. The zero-order valence-electron chi connectivity index (χ0n) is 17.3. The minimum absolute atomic E-state index is 0.143. The molecule has 0 spiro atoms. The highest BCUT2D eigenvalue weighted by molar-refractivity contribution is 5.98. The normalized spacial score (nSPS) is 13.1. The van der Waals surface area contributed by atoms with Crippen LogP contribution in [-0.2, 0) is 9.53 Å². The first kappa shape index (κ1) is 20.4. The van der Waals surface area contributed by atoms with Crippen molar-refractivity contribution < 1.29 is 14.3 Å². The van der Waals surface area contributed by atoms with Gasteiger partial charge in [-0.3, -0.25) is 4.79 Å². The zero-order valence-corrected chi connectivity index (χ0v) is 17.3. The number of amides is 1. The Labute approximate surface area is 169 Å². The van der Waals surface area contributed by atoms with Gasteiger partial charge in [0.15, 0.2) is 6.10 Å². The van der Waals surface area contributed by atoms with Crippen LogP contribution in [0.4, 0.5) is 5.82 Å². The van der Waals surface area contributed by atoms with Crippen molar-refractivity contribution in [3.8, 4) is 0 Å². The van der Waals surface area contributed by atoms with Gasteiger partial charge in [0.05, 0.1) is 40.2 Å². The number of anilines is 1. The van der Waals surface area contributed by atoms with Gasteiger partial charge >= 0.3 is 5.97 Å². The Morgan fingerprint density at radius 2 is 1.79 bits per heavy atom. The van der Waals surface area contributed by atoms with Gasteiger partial charge in [-0.05, 0) is 52.3 Å². The third kappa shape index (κ3) is 4.42. The largest absolute Gasteiger partial charge is 0.449 e. The van der Waals surface area contributed by atoms with Crippen LogP contribution in [0.2, 0.25) is 0 Å². The topological polar surface area (TPSA) is 99.0 Å². The number of carbonyl (C=O) groups excluding carboxylic acids is 2. The summed E-state index contributed by atoms with van der Waals surface area (Å²) in [5.74, 6) is -0.445. The minimum Gasteiger partial charge on any atom is -0.449 e. The van der Waals surface area contributed by atoms with Crippen LogP contribution in [0, 0.1) is 13.8 Å². The number of aryl methyl sites for hydroxylation is 2. The molecule has 2 heterocycles. The first-order valence-corrected chi connectivity index (χ1v) is 9.60. The molecule has 0 unspecified atom stereocenters. The number of benzene rings is 1. The molecule has 0 bridgehead atoms. The van der Waals surface area contributed by atoms with E-state index in [4.69, 9.17) is 4.74 Å². The van der Waals surface area contributed by atoms with Crippen LogP contribution < -0.4 is 5.32 Å². The van der Waals surface area contributed by atoms with Crippen LogP contribution in [0.5, 0.6) is 0 Å². The molecule has 0 fully saturated rings. The summed E-state index contributed by atoms with van der Waals surface area (Å²) in [6, 6.07) is 6.83. The van der Waals surface area contributed by atoms with Crippen molar-refractivity contribution >= 4 is 28.7 Å². The van der Waals surface area contributed by atoms with Gasteiger partial charge in [-0.25, -0.2) is 19.4 Å². The second-order valence-electron chi connectivity index (χ2n) is 7.05. The van der Waals surface area contributed by atoms with Crippen LogP contribution in [0.15, 0.2) is 30.5 Å². The molecule has 0 saturated carbocycles. The second kappa shape index (κ2) is 8.38. The van der Waals surface area contributed by atoms with E-state index in [0.29, 0.717) is 22.4 Å². The average Bonchev–Trinajstić information content (AvgIpc) is 3.15. The van der Waals surface area contributed by atoms with E-state index in [9.17, 15) is 9.59 Å². The van der Waals surface area contributed by atoms with Crippen molar-refractivity contribution in [2.75, 3.05) is 5.32 Å². The number of hydrogen-bond donors (Lipinski definition) is 1. The number of hydrogen-bond acceptors (Lipinski definition) is 6. The van der Waals surface area contributed by atoms with E-state index in [-0.39, 0.29) is 6.04 Å². The number of carbonyl (C=O) groups is 2. The van der Waals surface area contributed by atoms with Gasteiger partial charge in [-0.15, -0.1) is 0 Å². The fourth-order valence-corrected chi connectivity index (χ4v) is 2.81. The molecule has 29 heavy (non-hydrogen) atoms.